The van der Waals surface area contributed by atoms with Gasteiger partial charge in [0.05, 0.1) is 23.7 Å². The average Bonchev–Trinajstić information content (AvgIpc) is 3.20. The molecule has 0 radical (unpaired) electrons. The zero-order chi connectivity index (χ0) is 19.3. The van der Waals surface area contributed by atoms with Crippen LogP contribution in [-0.2, 0) is 19.4 Å². The number of allylic oxidation sites excluding steroid dienone is 2. The molecule has 0 spiro atoms. The topological polar surface area (TPSA) is 80.7 Å². The molecule has 0 aromatic rings. The molecule has 2 bridgehead atoms. The second-order valence-corrected chi connectivity index (χ2v) is 10.8. The zero-order valence-corrected chi connectivity index (χ0v) is 17.0. The van der Waals surface area contributed by atoms with Gasteiger partial charge in [-0.15, -0.1) is 0 Å². The molecule has 1 aliphatic carbocycles. The van der Waals surface area contributed by atoms with Gasteiger partial charge in [-0.1, -0.05) is 31.4 Å². The SMILES string of the molecule is O=C(O)CCCC=CC[C@@H]1[C@H](CS(=O)(=O)CC2CCCCC2)[C@@H]2CC[C@H]1O2. The van der Waals surface area contributed by atoms with E-state index in [4.69, 9.17) is 9.84 Å². The smallest absolute Gasteiger partial charge is 0.303 e. The lowest BCUT2D eigenvalue weighted by Gasteiger charge is -2.28. The Morgan fingerprint density at radius 1 is 0.963 bits per heavy atom. The Morgan fingerprint density at radius 3 is 2.37 bits per heavy atom. The minimum Gasteiger partial charge on any atom is -0.481 e. The van der Waals surface area contributed by atoms with Crippen LogP contribution in [0, 0.1) is 17.8 Å². The minimum absolute atomic E-state index is 0.113. The highest BCUT2D eigenvalue weighted by molar-refractivity contribution is 7.91. The molecule has 1 saturated carbocycles. The van der Waals surface area contributed by atoms with Crippen molar-refractivity contribution in [1.29, 1.82) is 0 Å². The van der Waals surface area contributed by atoms with E-state index in [0.29, 0.717) is 24.0 Å². The summed E-state index contributed by atoms with van der Waals surface area (Å²) in [7, 11) is -3.04. The summed E-state index contributed by atoms with van der Waals surface area (Å²) >= 11 is 0. The molecule has 2 heterocycles. The summed E-state index contributed by atoms with van der Waals surface area (Å²) in [4.78, 5) is 10.5. The highest BCUT2D eigenvalue weighted by Crippen LogP contribution is 2.46. The van der Waals surface area contributed by atoms with Crippen molar-refractivity contribution in [2.24, 2.45) is 17.8 Å². The summed E-state index contributed by atoms with van der Waals surface area (Å²) in [6.07, 6.45) is 14.7. The van der Waals surface area contributed by atoms with E-state index in [1.807, 2.05) is 6.08 Å². The molecular weight excluding hydrogens is 364 g/mol. The Bertz CT molecular complexity index is 620. The largest absolute Gasteiger partial charge is 0.481 e. The predicted octanol–water partition coefficient (Wildman–Crippen LogP) is 3.98. The molecule has 6 heteroatoms. The Balaban J connectivity index is 1.51. The number of unbranched alkanes of at least 4 members (excludes halogenated alkanes) is 1. The number of sulfone groups is 1. The molecule has 3 rings (SSSR count). The van der Waals surface area contributed by atoms with E-state index in [0.717, 1.165) is 38.5 Å². The van der Waals surface area contributed by atoms with Crippen molar-refractivity contribution >= 4 is 15.8 Å². The van der Waals surface area contributed by atoms with Crippen LogP contribution >= 0.6 is 0 Å². The van der Waals surface area contributed by atoms with Gasteiger partial charge in [-0.25, -0.2) is 8.42 Å². The molecule has 3 aliphatic rings. The van der Waals surface area contributed by atoms with E-state index in [1.54, 1.807) is 0 Å². The number of carboxylic acids is 1. The second-order valence-electron chi connectivity index (χ2n) is 8.69. The monoisotopic (exact) mass is 398 g/mol. The van der Waals surface area contributed by atoms with Crippen LogP contribution in [0.4, 0.5) is 0 Å². The number of hydrogen-bond acceptors (Lipinski definition) is 4. The molecular formula is C21H34O5S. The maximum absolute atomic E-state index is 12.8. The summed E-state index contributed by atoms with van der Waals surface area (Å²) in [6.45, 7) is 0. The van der Waals surface area contributed by atoms with E-state index in [-0.39, 0.29) is 30.3 Å². The fourth-order valence-electron chi connectivity index (χ4n) is 5.24. The van der Waals surface area contributed by atoms with Crippen LogP contribution in [0.2, 0.25) is 0 Å². The van der Waals surface area contributed by atoms with Crippen LogP contribution < -0.4 is 0 Å². The molecule has 1 N–H and O–H groups in total. The van der Waals surface area contributed by atoms with Gasteiger partial charge < -0.3 is 9.84 Å². The number of rotatable bonds is 10. The molecule has 5 nitrogen and oxygen atoms in total. The summed E-state index contributed by atoms with van der Waals surface area (Å²) in [5.41, 5.74) is 0. The van der Waals surface area contributed by atoms with Crippen molar-refractivity contribution < 1.29 is 23.1 Å². The van der Waals surface area contributed by atoms with Crippen LogP contribution in [0.3, 0.4) is 0 Å². The van der Waals surface area contributed by atoms with Crippen LogP contribution in [0.5, 0.6) is 0 Å². The van der Waals surface area contributed by atoms with Gasteiger partial charge in [-0.3, -0.25) is 4.79 Å². The Kier molecular flexibility index (Phi) is 7.37. The fourth-order valence-corrected chi connectivity index (χ4v) is 7.48. The lowest BCUT2D eigenvalue weighted by Crippen LogP contribution is -2.34. The number of hydrogen-bond donors (Lipinski definition) is 1. The van der Waals surface area contributed by atoms with Gasteiger partial charge in [0.25, 0.3) is 0 Å². The van der Waals surface area contributed by atoms with Crippen LogP contribution in [-0.4, -0.2) is 43.2 Å². The Morgan fingerprint density at radius 2 is 1.67 bits per heavy atom. The number of aliphatic carboxylic acids is 1. The molecule has 27 heavy (non-hydrogen) atoms. The fraction of sp³-hybridized carbons (Fsp3) is 0.857. The van der Waals surface area contributed by atoms with Crippen molar-refractivity contribution in [3.8, 4) is 0 Å². The van der Waals surface area contributed by atoms with Gasteiger partial charge in [-0.05, 0) is 56.8 Å². The highest BCUT2D eigenvalue weighted by Gasteiger charge is 2.49. The van der Waals surface area contributed by atoms with E-state index in [2.05, 4.69) is 6.08 Å². The van der Waals surface area contributed by atoms with Crippen molar-refractivity contribution in [3.05, 3.63) is 12.2 Å². The Hall–Kier alpha value is -0.880. The van der Waals surface area contributed by atoms with Crippen LogP contribution in [0.15, 0.2) is 12.2 Å². The van der Waals surface area contributed by atoms with Gasteiger partial charge in [0, 0.05) is 12.3 Å². The molecule has 2 aliphatic heterocycles. The molecule has 0 unspecified atom stereocenters. The molecule has 0 aromatic carbocycles. The average molecular weight is 399 g/mol. The molecule has 3 fully saturated rings. The van der Waals surface area contributed by atoms with Crippen LogP contribution in [0.25, 0.3) is 0 Å². The standard InChI is InChI=1S/C21H34O5S/c22-21(23)11-7-2-1-6-10-17-18(20-13-12-19(17)26-20)15-27(24,25)14-16-8-4-3-5-9-16/h1,6,16-20H,2-5,7-15H2,(H,22,23)/t17-,18+,19-,20+/m1/s1. The Labute approximate surface area is 163 Å². The van der Waals surface area contributed by atoms with E-state index in [1.165, 1.54) is 19.3 Å². The summed E-state index contributed by atoms with van der Waals surface area (Å²) in [5, 5.41) is 8.68. The minimum atomic E-state index is -3.04. The lowest BCUT2D eigenvalue weighted by atomic mass is 9.78. The lowest BCUT2D eigenvalue weighted by molar-refractivity contribution is -0.137. The third-order valence-electron chi connectivity index (χ3n) is 6.59. The van der Waals surface area contributed by atoms with E-state index < -0.39 is 15.8 Å². The van der Waals surface area contributed by atoms with Crippen molar-refractivity contribution in [1.82, 2.24) is 0 Å². The van der Waals surface area contributed by atoms with Gasteiger partial charge in [0.1, 0.15) is 0 Å². The normalized spacial score (nSPS) is 31.7. The first-order valence-corrected chi connectivity index (χ1v) is 12.5. The van der Waals surface area contributed by atoms with Crippen molar-refractivity contribution in [3.63, 3.8) is 0 Å². The van der Waals surface area contributed by atoms with Gasteiger partial charge in [0.2, 0.25) is 0 Å². The van der Waals surface area contributed by atoms with E-state index >= 15 is 0 Å². The summed E-state index contributed by atoms with van der Waals surface area (Å²) < 4.78 is 31.7. The second kappa shape index (κ2) is 9.55. The van der Waals surface area contributed by atoms with Crippen LogP contribution in [0.1, 0.15) is 70.6 Å². The van der Waals surface area contributed by atoms with Crippen molar-refractivity contribution in [2.75, 3.05) is 11.5 Å². The maximum Gasteiger partial charge on any atom is 0.303 e. The number of fused-ring (bicyclic) bond motifs is 2. The first kappa shape index (κ1) is 20.8. The number of carboxylic acid groups (broad SMARTS) is 1. The summed E-state index contributed by atoms with van der Waals surface area (Å²) in [6, 6.07) is 0. The first-order chi connectivity index (χ1) is 12.9. The number of carbonyl (C=O) groups is 1. The van der Waals surface area contributed by atoms with Gasteiger partial charge in [0.15, 0.2) is 9.84 Å². The quantitative estimate of drug-likeness (QED) is 0.445. The predicted molar refractivity (Wildman–Crippen MR) is 105 cm³/mol. The van der Waals surface area contributed by atoms with Gasteiger partial charge in [-0.2, -0.15) is 0 Å². The van der Waals surface area contributed by atoms with Gasteiger partial charge >= 0.3 is 5.97 Å². The summed E-state index contributed by atoms with van der Waals surface area (Å²) in [5.74, 6) is 0.659. The third kappa shape index (κ3) is 6.05. The molecule has 2 saturated heterocycles. The zero-order valence-electron chi connectivity index (χ0n) is 16.2. The maximum atomic E-state index is 12.8. The highest BCUT2D eigenvalue weighted by atomic mass is 32.2. The third-order valence-corrected chi connectivity index (χ3v) is 8.46. The number of ether oxygens (including phenoxy) is 1. The van der Waals surface area contributed by atoms with Crippen molar-refractivity contribution in [2.45, 2.75) is 82.8 Å². The molecule has 0 aromatic heterocycles. The molecule has 0 amide bonds. The van der Waals surface area contributed by atoms with E-state index in [9.17, 15) is 13.2 Å². The first-order valence-electron chi connectivity index (χ1n) is 10.7. The molecule has 4 atom stereocenters. The molecule has 154 valence electrons.